The first-order valence-electron chi connectivity index (χ1n) is 13.2. The van der Waals surface area contributed by atoms with E-state index in [9.17, 15) is 13.2 Å². The minimum atomic E-state index is -3.44. The number of nitrogens with zero attached hydrogens (tertiary/aromatic N) is 3. The van der Waals surface area contributed by atoms with Crippen molar-refractivity contribution in [1.29, 1.82) is 0 Å². The minimum absolute atomic E-state index is 0.0513. The highest BCUT2D eigenvalue weighted by Crippen LogP contribution is 2.39. The molecule has 4 rings (SSSR count). The molecule has 1 atom stereocenters. The number of hydrogen-bond acceptors (Lipinski definition) is 7. The summed E-state index contributed by atoms with van der Waals surface area (Å²) in [5.41, 5.74) is 0. The predicted molar refractivity (Wildman–Crippen MR) is 147 cm³/mol. The highest BCUT2D eigenvalue weighted by molar-refractivity contribution is 7.89. The zero-order chi connectivity index (χ0) is 26.3. The van der Waals surface area contributed by atoms with Crippen molar-refractivity contribution >= 4 is 27.3 Å². The molecule has 2 aliphatic rings. The van der Waals surface area contributed by atoms with Crippen molar-refractivity contribution in [1.82, 2.24) is 19.4 Å². The van der Waals surface area contributed by atoms with Gasteiger partial charge in [0.25, 0.3) is 0 Å². The molecule has 0 bridgehead atoms. The second-order valence-corrected chi connectivity index (χ2v) is 13.1. The number of thiophene rings is 1. The van der Waals surface area contributed by atoms with E-state index in [-0.39, 0.29) is 18.6 Å². The summed E-state index contributed by atoms with van der Waals surface area (Å²) in [4.78, 5) is 18.7. The number of hydrogen-bond donors (Lipinski definition) is 1. The van der Waals surface area contributed by atoms with Crippen molar-refractivity contribution in [2.75, 3.05) is 60.0 Å². The molecular formula is C27H40N4O4S2. The van der Waals surface area contributed by atoms with E-state index in [1.54, 1.807) is 28.6 Å². The minimum Gasteiger partial charge on any atom is -0.370 e. The molecule has 1 saturated carbocycles. The van der Waals surface area contributed by atoms with Crippen LogP contribution >= 0.6 is 11.3 Å². The van der Waals surface area contributed by atoms with Crippen LogP contribution in [-0.4, -0.2) is 94.5 Å². The molecule has 1 saturated heterocycles. The lowest BCUT2D eigenvalue weighted by Crippen LogP contribution is -2.49. The predicted octanol–water partition coefficient (Wildman–Crippen LogP) is 3.05. The molecule has 37 heavy (non-hydrogen) atoms. The third-order valence-corrected chi connectivity index (χ3v) is 10.3. The molecule has 8 nitrogen and oxygen atoms in total. The number of amides is 1. The van der Waals surface area contributed by atoms with E-state index >= 15 is 0 Å². The van der Waals surface area contributed by atoms with Gasteiger partial charge in [-0.1, -0.05) is 24.3 Å². The van der Waals surface area contributed by atoms with E-state index in [4.69, 9.17) is 4.74 Å². The summed E-state index contributed by atoms with van der Waals surface area (Å²) in [6.07, 6.45) is 4.22. The summed E-state index contributed by atoms with van der Waals surface area (Å²) in [6.45, 7) is 3.44. The van der Waals surface area contributed by atoms with Gasteiger partial charge in [-0.2, -0.15) is 4.31 Å². The van der Waals surface area contributed by atoms with Crippen LogP contribution in [-0.2, 0) is 19.6 Å². The van der Waals surface area contributed by atoms with Crippen molar-refractivity contribution in [2.45, 2.75) is 42.7 Å². The normalized spacial score (nSPS) is 22.7. The molecule has 1 aromatic carbocycles. The number of ether oxygens (including phenoxy) is 1. The Hall–Kier alpha value is -1.82. The summed E-state index contributed by atoms with van der Waals surface area (Å²) in [5.74, 6) is 0.561. The fourth-order valence-electron chi connectivity index (χ4n) is 5.51. The van der Waals surface area contributed by atoms with Crippen molar-refractivity contribution in [2.24, 2.45) is 5.92 Å². The van der Waals surface area contributed by atoms with Gasteiger partial charge < -0.3 is 15.0 Å². The maximum absolute atomic E-state index is 12.8. The maximum Gasteiger partial charge on any atom is 0.246 e. The number of benzene rings is 1. The molecule has 2 heterocycles. The molecule has 1 N–H and O–H groups in total. The van der Waals surface area contributed by atoms with Crippen molar-refractivity contribution in [3.8, 4) is 0 Å². The van der Waals surface area contributed by atoms with Crippen molar-refractivity contribution in [3.05, 3.63) is 52.7 Å². The second kappa shape index (κ2) is 13.3. The number of carbonyl (C=O) groups excluding carboxylic acids is 1. The molecule has 10 heteroatoms. The van der Waals surface area contributed by atoms with Gasteiger partial charge in [-0.3, -0.25) is 9.69 Å². The molecule has 1 unspecified atom stereocenters. The molecule has 0 spiro atoms. The quantitative estimate of drug-likeness (QED) is 0.435. The zero-order valence-corrected chi connectivity index (χ0v) is 23.6. The van der Waals surface area contributed by atoms with Crippen LogP contribution in [0.1, 0.15) is 36.6 Å². The van der Waals surface area contributed by atoms with E-state index in [0.29, 0.717) is 56.2 Å². The fraction of sp³-hybridized carbons (Fsp3) is 0.593. The van der Waals surface area contributed by atoms with Crippen LogP contribution in [0, 0.1) is 5.92 Å². The summed E-state index contributed by atoms with van der Waals surface area (Å²) in [5, 5.41) is 5.30. The molecule has 204 valence electrons. The van der Waals surface area contributed by atoms with Crippen LogP contribution in [0.25, 0.3) is 0 Å². The molecule has 1 aliphatic carbocycles. The van der Waals surface area contributed by atoms with Gasteiger partial charge in [-0.25, -0.2) is 8.42 Å². The first-order valence-corrected chi connectivity index (χ1v) is 15.5. The highest BCUT2D eigenvalue weighted by atomic mass is 32.2. The Kier molecular flexibility index (Phi) is 10.1. The van der Waals surface area contributed by atoms with Crippen LogP contribution in [0.2, 0.25) is 0 Å². The fourth-order valence-corrected chi connectivity index (χ4v) is 7.97. The number of piperazine rings is 1. The first kappa shape index (κ1) is 28.2. The molecular weight excluding hydrogens is 508 g/mol. The smallest absolute Gasteiger partial charge is 0.246 e. The monoisotopic (exact) mass is 548 g/mol. The summed E-state index contributed by atoms with van der Waals surface area (Å²) >= 11 is 1.83. The number of carbonyl (C=O) groups is 1. The van der Waals surface area contributed by atoms with Gasteiger partial charge in [0.15, 0.2) is 0 Å². The van der Waals surface area contributed by atoms with Crippen LogP contribution in [0.15, 0.2) is 52.7 Å². The maximum atomic E-state index is 12.8. The van der Waals surface area contributed by atoms with E-state index < -0.39 is 10.0 Å². The summed E-state index contributed by atoms with van der Waals surface area (Å²) < 4.78 is 32.7. The molecule has 2 fully saturated rings. The first-order chi connectivity index (χ1) is 17.8. The second-order valence-electron chi connectivity index (χ2n) is 10.2. The van der Waals surface area contributed by atoms with E-state index in [2.05, 4.69) is 46.7 Å². The number of sulfonamides is 1. The van der Waals surface area contributed by atoms with Crippen LogP contribution in [0.5, 0.6) is 0 Å². The largest absolute Gasteiger partial charge is 0.370 e. The molecule has 2 aromatic rings. The Labute approximate surface area is 225 Å². The number of rotatable bonds is 11. The summed E-state index contributed by atoms with van der Waals surface area (Å²) in [6, 6.07) is 13.6. The van der Waals surface area contributed by atoms with Gasteiger partial charge >= 0.3 is 0 Å². The lowest BCUT2D eigenvalue weighted by molar-refractivity contribution is -0.126. The van der Waals surface area contributed by atoms with Crippen LogP contribution < -0.4 is 5.32 Å². The van der Waals surface area contributed by atoms with E-state index in [1.807, 2.05) is 17.4 Å². The Morgan fingerprint density at radius 2 is 1.76 bits per heavy atom. The number of nitrogens with one attached hydrogen (secondary N) is 1. The van der Waals surface area contributed by atoms with Gasteiger partial charge in [0.1, 0.15) is 6.61 Å². The highest BCUT2D eigenvalue weighted by Gasteiger charge is 2.31. The Balaban J connectivity index is 1.10. The molecule has 0 radical (unpaired) electrons. The third-order valence-electron chi connectivity index (χ3n) is 7.47. The lowest BCUT2D eigenvalue weighted by Gasteiger charge is -2.37. The van der Waals surface area contributed by atoms with E-state index in [0.717, 1.165) is 25.7 Å². The van der Waals surface area contributed by atoms with Crippen LogP contribution in [0.4, 0.5) is 0 Å². The standard InChI is InChI=1S/C27H40N4O4S2/c1-29(2)27(25-9-6-20-36-25)22-10-12-23(13-11-22)28-26(32)21-35-19-18-30-14-16-31(17-15-30)37(33,34)24-7-4-3-5-8-24/h3-9,20,22-23,27H,10-19,21H2,1-2H3,(H,28,32). The van der Waals surface area contributed by atoms with Gasteiger partial charge in [0.05, 0.1) is 11.5 Å². The van der Waals surface area contributed by atoms with Gasteiger partial charge in [0, 0.05) is 49.7 Å². The van der Waals surface area contributed by atoms with Gasteiger partial charge in [-0.05, 0) is 69.3 Å². The molecule has 1 aliphatic heterocycles. The van der Waals surface area contributed by atoms with Crippen LogP contribution in [0.3, 0.4) is 0 Å². The lowest BCUT2D eigenvalue weighted by atomic mass is 9.80. The average Bonchev–Trinajstić information content (AvgIpc) is 3.43. The topological polar surface area (TPSA) is 82.2 Å². The van der Waals surface area contributed by atoms with E-state index in [1.165, 1.54) is 4.88 Å². The molecule has 1 aromatic heterocycles. The van der Waals surface area contributed by atoms with Gasteiger partial charge in [0.2, 0.25) is 15.9 Å². The Morgan fingerprint density at radius 3 is 2.38 bits per heavy atom. The summed E-state index contributed by atoms with van der Waals surface area (Å²) in [7, 11) is 0.870. The third kappa shape index (κ3) is 7.61. The average molecular weight is 549 g/mol. The van der Waals surface area contributed by atoms with Crippen molar-refractivity contribution in [3.63, 3.8) is 0 Å². The molecule has 1 amide bonds. The van der Waals surface area contributed by atoms with Gasteiger partial charge in [-0.15, -0.1) is 11.3 Å². The zero-order valence-electron chi connectivity index (χ0n) is 21.9. The Morgan fingerprint density at radius 1 is 1.05 bits per heavy atom. The Bertz CT molecular complexity index is 1060. The SMILES string of the molecule is CN(C)C(c1cccs1)C1CCC(NC(=O)COCCN2CCN(S(=O)(=O)c3ccccc3)CC2)CC1. The van der Waals surface area contributed by atoms with Crippen molar-refractivity contribution < 1.29 is 17.9 Å².